The van der Waals surface area contributed by atoms with E-state index >= 15 is 0 Å². The Bertz CT molecular complexity index is 1340. The molecule has 0 atom stereocenters. The minimum Gasteiger partial charge on any atom is -0.495 e. The molecule has 10 heteroatoms. The van der Waals surface area contributed by atoms with Crippen LogP contribution in [0.25, 0.3) is 0 Å². The van der Waals surface area contributed by atoms with Gasteiger partial charge in [0.25, 0.3) is 15.9 Å². The van der Waals surface area contributed by atoms with Gasteiger partial charge in [0.2, 0.25) is 0 Å². The van der Waals surface area contributed by atoms with E-state index in [2.05, 4.69) is 5.32 Å². The number of anilines is 2. The fourth-order valence-electron chi connectivity index (χ4n) is 3.70. The number of cyclic esters (lactones) is 1. The third-order valence-electron chi connectivity index (χ3n) is 5.64. The summed E-state index contributed by atoms with van der Waals surface area (Å²) in [5, 5.41) is 2.82. The molecule has 0 aromatic heterocycles. The number of rotatable bonds is 8. The second-order valence-electron chi connectivity index (χ2n) is 7.79. The molecule has 0 radical (unpaired) electrons. The fourth-order valence-corrected chi connectivity index (χ4v) is 4.91. The van der Waals surface area contributed by atoms with Gasteiger partial charge in [-0.05, 0) is 54.1 Å². The zero-order chi connectivity index (χ0) is 25.0. The minimum atomic E-state index is -3.86. The number of amides is 2. The standard InChI is InChI=1S/C25H25N3O6S/c1-27(22-8-3-4-9-23(22)33-2)35(31,32)21-12-10-19(11-13-21)24(29)26-17-18-6-5-7-20(16-18)28-14-15-34-25(28)30/h3-13,16H,14-15,17H2,1-2H3,(H,26,29). The van der Waals surface area contributed by atoms with Gasteiger partial charge in [0, 0.05) is 24.8 Å². The quantitative estimate of drug-likeness (QED) is 0.514. The first-order valence-corrected chi connectivity index (χ1v) is 12.3. The van der Waals surface area contributed by atoms with E-state index in [4.69, 9.17) is 9.47 Å². The topological polar surface area (TPSA) is 105 Å². The van der Waals surface area contributed by atoms with Crippen molar-refractivity contribution in [3.8, 4) is 5.75 Å². The Morgan fingerprint density at radius 3 is 2.51 bits per heavy atom. The molecule has 35 heavy (non-hydrogen) atoms. The molecule has 1 saturated heterocycles. The van der Waals surface area contributed by atoms with Crippen LogP contribution in [0.15, 0.2) is 77.7 Å². The van der Waals surface area contributed by atoms with Crippen molar-refractivity contribution in [2.75, 3.05) is 36.5 Å². The Morgan fingerprint density at radius 1 is 1.09 bits per heavy atom. The van der Waals surface area contributed by atoms with Gasteiger partial charge in [-0.15, -0.1) is 0 Å². The highest BCUT2D eigenvalue weighted by atomic mass is 32.2. The molecule has 1 heterocycles. The van der Waals surface area contributed by atoms with E-state index in [9.17, 15) is 18.0 Å². The van der Waals surface area contributed by atoms with E-state index in [1.54, 1.807) is 36.4 Å². The van der Waals surface area contributed by atoms with Gasteiger partial charge in [-0.3, -0.25) is 14.0 Å². The van der Waals surface area contributed by atoms with Gasteiger partial charge in [-0.2, -0.15) is 0 Å². The number of hydrogen-bond donors (Lipinski definition) is 1. The number of nitrogens with zero attached hydrogens (tertiary/aromatic N) is 2. The first-order valence-electron chi connectivity index (χ1n) is 10.8. The lowest BCUT2D eigenvalue weighted by Crippen LogP contribution is -2.27. The van der Waals surface area contributed by atoms with Gasteiger partial charge in [-0.1, -0.05) is 24.3 Å². The monoisotopic (exact) mass is 495 g/mol. The first-order chi connectivity index (χ1) is 16.8. The van der Waals surface area contributed by atoms with Crippen LogP contribution < -0.4 is 19.3 Å². The molecule has 0 unspecified atom stereocenters. The van der Waals surface area contributed by atoms with Crippen molar-refractivity contribution in [3.63, 3.8) is 0 Å². The summed E-state index contributed by atoms with van der Waals surface area (Å²) >= 11 is 0. The Kier molecular flexibility index (Phi) is 6.92. The second kappa shape index (κ2) is 10.1. The summed E-state index contributed by atoms with van der Waals surface area (Å²) in [7, 11) is -0.937. The maximum Gasteiger partial charge on any atom is 0.414 e. The van der Waals surface area contributed by atoms with Gasteiger partial charge in [0.15, 0.2) is 0 Å². The van der Waals surface area contributed by atoms with E-state index in [0.29, 0.717) is 35.8 Å². The van der Waals surface area contributed by atoms with Crippen LogP contribution in [0.2, 0.25) is 0 Å². The third-order valence-corrected chi connectivity index (χ3v) is 7.42. The predicted molar refractivity (Wildman–Crippen MR) is 131 cm³/mol. The molecule has 9 nitrogen and oxygen atoms in total. The van der Waals surface area contributed by atoms with Gasteiger partial charge in [0.1, 0.15) is 12.4 Å². The summed E-state index contributed by atoms with van der Waals surface area (Å²) in [6.07, 6.45) is -0.391. The summed E-state index contributed by atoms with van der Waals surface area (Å²) in [5.74, 6) is 0.0817. The van der Waals surface area contributed by atoms with E-state index < -0.39 is 16.1 Å². The van der Waals surface area contributed by atoms with Crippen LogP contribution in [-0.2, 0) is 21.3 Å². The van der Waals surface area contributed by atoms with Crippen LogP contribution >= 0.6 is 0 Å². The van der Waals surface area contributed by atoms with Gasteiger partial charge in [0.05, 0.1) is 24.2 Å². The van der Waals surface area contributed by atoms with Crippen LogP contribution in [0.3, 0.4) is 0 Å². The number of sulfonamides is 1. The summed E-state index contributed by atoms with van der Waals surface area (Å²) in [6.45, 7) is 1.07. The highest BCUT2D eigenvalue weighted by molar-refractivity contribution is 7.92. The maximum atomic E-state index is 13.1. The minimum absolute atomic E-state index is 0.0488. The van der Waals surface area contributed by atoms with Crippen LogP contribution in [0.1, 0.15) is 15.9 Å². The lowest BCUT2D eigenvalue weighted by atomic mass is 10.1. The molecule has 0 bridgehead atoms. The molecule has 1 fully saturated rings. The van der Waals surface area contributed by atoms with E-state index in [1.807, 2.05) is 12.1 Å². The van der Waals surface area contributed by atoms with Gasteiger partial charge >= 0.3 is 6.09 Å². The Morgan fingerprint density at radius 2 is 1.83 bits per heavy atom. The van der Waals surface area contributed by atoms with Crippen molar-refractivity contribution >= 4 is 33.4 Å². The second-order valence-corrected chi connectivity index (χ2v) is 9.76. The number of benzene rings is 3. The molecule has 3 aromatic carbocycles. The average molecular weight is 496 g/mol. The van der Waals surface area contributed by atoms with Crippen LogP contribution in [0.5, 0.6) is 5.75 Å². The summed E-state index contributed by atoms with van der Waals surface area (Å²) in [6, 6.07) is 19.8. The maximum absolute atomic E-state index is 13.1. The summed E-state index contributed by atoms with van der Waals surface area (Å²) in [4.78, 5) is 26.0. The number of methoxy groups -OCH3 is 1. The first kappa shape index (κ1) is 24.1. The predicted octanol–water partition coefficient (Wildman–Crippen LogP) is 3.41. The zero-order valence-electron chi connectivity index (χ0n) is 19.3. The molecule has 2 amide bonds. The number of hydrogen-bond acceptors (Lipinski definition) is 6. The van der Waals surface area contributed by atoms with Gasteiger partial charge in [-0.25, -0.2) is 13.2 Å². The highest BCUT2D eigenvalue weighted by Gasteiger charge is 2.25. The van der Waals surface area contributed by atoms with Crippen molar-refractivity contribution in [3.05, 3.63) is 83.9 Å². The molecule has 3 aromatic rings. The molecule has 0 aliphatic carbocycles. The summed E-state index contributed by atoms with van der Waals surface area (Å²) < 4.78 is 37.6. The number of carbonyl (C=O) groups excluding carboxylic acids is 2. The molecule has 4 rings (SSSR count). The van der Waals surface area contributed by atoms with Gasteiger partial charge < -0.3 is 14.8 Å². The van der Waals surface area contributed by atoms with Crippen molar-refractivity contribution < 1.29 is 27.5 Å². The Labute approximate surface area is 203 Å². The fraction of sp³-hybridized carbons (Fsp3) is 0.200. The lowest BCUT2D eigenvalue weighted by molar-refractivity contribution is 0.0950. The molecule has 0 saturated carbocycles. The van der Waals surface area contributed by atoms with Crippen molar-refractivity contribution in [2.45, 2.75) is 11.4 Å². The van der Waals surface area contributed by atoms with Crippen molar-refractivity contribution in [1.82, 2.24) is 5.32 Å². The average Bonchev–Trinajstić information content (AvgIpc) is 3.32. The number of carbonyl (C=O) groups is 2. The highest BCUT2D eigenvalue weighted by Crippen LogP contribution is 2.31. The normalized spacial score (nSPS) is 13.3. The zero-order valence-corrected chi connectivity index (χ0v) is 20.1. The Balaban J connectivity index is 1.43. The number of para-hydroxylation sites is 2. The molecule has 0 spiro atoms. The van der Waals surface area contributed by atoms with Crippen LogP contribution in [0, 0.1) is 0 Å². The summed E-state index contributed by atoms with van der Waals surface area (Å²) in [5.41, 5.74) is 2.24. The van der Waals surface area contributed by atoms with Crippen molar-refractivity contribution in [2.24, 2.45) is 0 Å². The molecule has 1 aliphatic heterocycles. The van der Waals surface area contributed by atoms with Crippen LogP contribution in [0.4, 0.5) is 16.2 Å². The number of ether oxygens (including phenoxy) is 2. The third kappa shape index (κ3) is 5.07. The van der Waals surface area contributed by atoms with E-state index in [0.717, 1.165) is 9.87 Å². The smallest absolute Gasteiger partial charge is 0.414 e. The SMILES string of the molecule is COc1ccccc1N(C)S(=O)(=O)c1ccc(C(=O)NCc2cccc(N3CCOC3=O)c2)cc1. The van der Waals surface area contributed by atoms with E-state index in [1.165, 1.54) is 43.3 Å². The number of nitrogens with one attached hydrogen (secondary N) is 1. The largest absolute Gasteiger partial charge is 0.495 e. The molecule has 1 aliphatic rings. The Hall–Kier alpha value is -4.05. The molecule has 1 N–H and O–H groups in total. The van der Waals surface area contributed by atoms with Crippen LogP contribution in [-0.4, -0.2) is 47.7 Å². The molecule has 182 valence electrons. The van der Waals surface area contributed by atoms with Crippen molar-refractivity contribution in [1.29, 1.82) is 0 Å². The van der Waals surface area contributed by atoms with E-state index in [-0.39, 0.29) is 17.3 Å². The molecular weight excluding hydrogens is 470 g/mol. The molecular formula is C25H25N3O6S. The lowest BCUT2D eigenvalue weighted by Gasteiger charge is -2.21.